The van der Waals surface area contributed by atoms with Gasteiger partial charge in [0.25, 0.3) is 0 Å². The summed E-state index contributed by atoms with van der Waals surface area (Å²) >= 11 is 0. The van der Waals surface area contributed by atoms with Gasteiger partial charge in [-0.3, -0.25) is 4.57 Å². The molecule has 1 fully saturated rings. The van der Waals surface area contributed by atoms with Gasteiger partial charge in [-0.1, -0.05) is 30.3 Å². The second-order valence-electron chi connectivity index (χ2n) is 4.42. The summed E-state index contributed by atoms with van der Waals surface area (Å²) in [6.07, 6.45) is -5.06. The standard InChI is InChI=1S/C11H15O7P/c12-8-6-18-11(19(15,16)17,10(14)9(8)13)7-4-2-1-3-5-7/h1-5,8-10,12-14H,6H2,(H2,15,16,17)/t8-,9+,10-,11?/m1/s1. The normalized spacial score (nSPS) is 36.2. The molecule has 1 unspecified atom stereocenters. The van der Waals surface area contributed by atoms with E-state index in [-0.39, 0.29) is 5.56 Å². The quantitative estimate of drug-likeness (QED) is 0.448. The minimum Gasteiger partial charge on any atom is -0.388 e. The van der Waals surface area contributed by atoms with E-state index in [1.165, 1.54) is 24.3 Å². The van der Waals surface area contributed by atoms with Crippen molar-refractivity contribution >= 4 is 7.60 Å². The first-order valence-electron chi connectivity index (χ1n) is 5.60. The molecule has 7 nitrogen and oxygen atoms in total. The fourth-order valence-corrected chi connectivity index (χ4v) is 3.42. The molecule has 0 bridgehead atoms. The molecule has 1 aromatic carbocycles. The largest absolute Gasteiger partial charge is 0.388 e. The predicted molar refractivity (Wildman–Crippen MR) is 64.1 cm³/mol. The summed E-state index contributed by atoms with van der Waals surface area (Å²) in [6.45, 7) is -0.488. The van der Waals surface area contributed by atoms with Crippen LogP contribution in [0, 0.1) is 0 Å². The van der Waals surface area contributed by atoms with Crippen LogP contribution in [-0.2, 0) is 14.6 Å². The minimum atomic E-state index is -4.96. The van der Waals surface area contributed by atoms with E-state index in [9.17, 15) is 29.7 Å². The minimum absolute atomic E-state index is 0.0433. The molecule has 0 amide bonds. The van der Waals surface area contributed by atoms with Crippen molar-refractivity contribution in [3.63, 3.8) is 0 Å². The van der Waals surface area contributed by atoms with Crippen LogP contribution in [0.15, 0.2) is 30.3 Å². The Labute approximate surface area is 109 Å². The van der Waals surface area contributed by atoms with Crippen LogP contribution < -0.4 is 0 Å². The molecule has 5 N–H and O–H groups in total. The van der Waals surface area contributed by atoms with Gasteiger partial charge in [-0.2, -0.15) is 0 Å². The zero-order chi connectivity index (χ0) is 14.3. The van der Waals surface area contributed by atoms with E-state index in [4.69, 9.17) is 4.74 Å². The van der Waals surface area contributed by atoms with E-state index < -0.39 is 37.9 Å². The first-order valence-corrected chi connectivity index (χ1v) is 7.21. The number of aliphatic hydroxyl groups is 3. The summed E-state index contributed by atoms with van der Waals surface area (Å²) in [6, 6.07) is 7.46. The highest BCUT2D eigenvalue weighted by atomic mass is 31.2. The first-order chi connectivity index (χ1) is 8.80. The zero-order valence-electron chi connectivity index (χ0n) is 9.83. The lowest BCUT2D eigenvalue weighted by Crippen LogP contribution is -2.58. The molecular formula is C11H15O7P. The Morgan fingerprint density at radius 3 is 2.26 bits per heavy atom. The third-order valence-electron chi connectivity index (χ3n) is 3.21. The fourth-order valence-electron chi connectivity index (χ4n) is 2.19. The van der Waals surface area contributed by atoms with Gasteiger partial charge in [0.05, 0.1) is 6.61 Å². The molecule has 4 atom stereocenters. The van der Waals surface area contributed by atoms with Gasteiger partial charge in [0.2, 0.25) is 5.34 Å². The van der Waals surface area contributed by atoms with Gasteiger partial charge in [0.15, 0.2) is 0 Å². The summed E-state index contributed by atoms with van der Waals surface area (Å²) in [5.74, 6) is 0. The highest BCUT2D eigenvalue weighted by Gasteiger charge is 2.61. The molecule has 1 aromatic rings. The molecule has 0 saturated carbocycles. The molecule has 0 spiro atoms. The zero-order valence-corrected chi connectivity index (χ0v) is 10.7. The molecule has 19 heavy (non-hydrogen) atoms. The van der Waals surface area contributed by atoms with Crippen LogP contribution in [0.2, 0.25) is 0 Å². The maximum Gasteiger partial charge on any atom is 0.364 e. The number of ether oxygens (including phenoxy) is 1. The highest BCUT2D eigenvalue weighted by molar-refractivity contribution is 7.53. The monoisotopic (exact) mass is 290 g/mol. The van der Waals surface area contributed by atoms with Crippen molar-refractivity contribution < 1.29 is 34.4 Å². The molecule has 1 heterocycles. The summed E-state index contributed by atoms with van der Waals surface area (Å²) in [5, 5.41) is 26.7. The van der Waals surface area contributed by atoms with Crippen LogP contribution in [-0.4, -0.2) is 50.0 Å². The van der Waals surface area contributed by atoms with Crippen LogP contribution >= 0.6 is 7.60 Å². The molecule has 1 aliphatic heterocycles. The molecule has 0 radical (unpaired) electrons. The van der Waals surface area contributed by atoms with Crippen LogP contribution in [0.5, 0.6) is 0 Å². The highest BCUT2D eigenvalue weighted by Crippen LogP contribution is 2.61. The van der Waals surface area contributed by atoms with Crippen molar-refractivity contribution in [2.24, 2.45) is 0 Å². The molecule has 0 aromatic heterocycles. The predicted octanol–water partition coefficient (Wildman–Crippen LogP) is -0.870. The number of hydrogen-bond donors (Lipinski definition) is 5. The van der Waals surface area contributed by atoms with Gasteiger partial charge in [-0.25, -0.2) is 0 Å². The third kappa shape index (κ3) is 2.23. The van der Waals surface area contributed by atoms with Crippen molar-refractivity contribution in [2.45, 2.75) is 23.7 Å². The Hall–Kier alpha value is -0.790. The molecule has 8 heteroatoms. The second kappa shape index (κ2) is 4.96. The van der Waals surface area contributed by atoms with E-state index >= 15 is 0 Å². The summed E-state index contributed by atoms with van der Waals surface area (Å²) in [7, 11) is -4.96. The van der Waals surface area contributed by atoms with E-state index in [0.717, 1.165) is 0 Å². The maximum atomic E-state index is 11.8. The molecule has 0 aliphatic carbocycles. The number of hydrogen-bond acceptors (Lipinski definition) is 5. The van der Waals surface area contributed by atoms with Gasteiger partial charge >= 0.3 is 7.60 Å². The van der Waals surface area contributed by atoms with Crippen LogP contribution in [0.4, 0.5) is 0 Å². The van der Waals surface area contributed by atoms with E-state index in [0.29, 0.717) is 0 Å². The Balaban J connectivity index is 2.58. The second-order valence-corrected chi connectivity index (χ2v) is 6.17. The van der Waals surface area contributed by atoms with Gasteiger partial charge in [0.1, 0.15) is 18.3 Å². The molecule has 106 valence electrons. The Bertz CT molecular complexity index is 487. The van der Waals surface area contributed by atoms with Crippen molar-refractivity contribution in [1.29, 1.82) is 0 Å². The first kappa shape index (κ1) is 14.6. The summed E-state index contributed by atoms with van der Waals surface area (Å²) in [5.41, 5.74) is 0.0433. The van der Waals surface area contributed by atoms with E-state index in [1.54, 1.807) is 6.07 Å². The maximum absolute atomic E-state index is 11.8. The van der Waals surface area contributed by atoms with Crippen molar-refractivity contribution in [2.75, 3.05) is 6.61 Å². The van der Waals surface area contributed by atoms with E-state index in [2.05, 4.69) is 0 Å². The fraction of sp³-hybridized carbons (Fsp3) is 0.455. The van der Waals surface area contributed by atoms with E-state index in [1.807, 2.05) is 0 Å². The number of benzene rings is 1. The number of rotatable bonds is 2. The average Bonchev–Trinajstić information content (AvgIpc) is 2.36. The Morgan fingerprint density at radius 2 is 1.74 bits per heavy atom. The van der Waals surface area contributed by atoms with Crippen molar-refractivity contribution in [1.82, 2.24) is 0 Å². The lowest BCUT2D eigenvalue weighted by Gasteiger charge is -2.45. The lowest BCUT2D eigenvalue weighted by molar-refractivity contribution is -0.214. The van der Waals surface area contributed by atoms with Gasteiger partial charge in [0, 0.05) is 0 Å². The number of aliphatic hydroxyl groups excluding tert-OH is 3. The Morgan fingerprint density at radius 1 is 1.16 bits per heavy atom. The van der Waals surface area contributed by atoms with Gasteiger partial charge < -0.3 is 29.8 Å². The van der Waals surface area contributed by atoms with Crippen LogP contribution in [0.3, 0.4) is 0 Å². The van der Waals surface area contributed by atoms with Crippen molar-refractivity contribution in [3.8, 4) is 0 Å². The van der Waals surface area contributed by atoms with Gasteiger partial charge in [-0.15, -0.1) is 0 Å². The SMILES string of the molecule is O=P(O)(O)C1(c2ccccc2)OC[C@@H](O)[C@H](O)[C@H]1O. The third-order valence-corrected chi connectivity index (χ3v) is 4.73. The van der Waals surface area contributed by atoms with Crippen molar-refractivity contribution in [3.05, 3.63) is 35.9 Å². The molecule has 1 aliphatic rings. The smallest absolute Gasteiger partial charge is 0.364 e. The molecular weight excluding hydrogens is 275 g/mol. The summed E-state index contributed by atoms with van der Waals surface area (Å²) in [4.78, 5) is 19.1. The van der Waals surface area contributed by atoms with Gasteiger partial charge in [-0.05, 0) is 5.56 Å². The average molecular weight is 290 g/mol. The lowest BCUT2D eigenvalue weighted by atomic mass is 9.94. The van der Waals surface area contributed by atoms with Crippen LogP contribution in [0.1, 0.15) is 5.56 Å². The Kier molecular flexibility index (Phi) is 3.81. The summed E-state index contributed by atoms with van der Waals surface area (Å²) < 4.78 is 16.9. The molecule has 1 saturated heterocycles. The topological polar surface area (TPSA) is 127 Å². The van der Waals surface area contributed by atoms with Crippen LogP contribution in [0.25, 0.3) is 0 Å². The molecule has 2 rings (SSSR count).